The molecule has 176 valence electrons. The number of hydrogen-bond donors (Lipinski definition) is 1. The van der Waals surface area contributed by atoms with Gasteiger partial charge in [-0.25, -0.2) is 8.42 Å². The zero-order chi connectivity index (χ0) is 23.7. The van der Waals surface area contributed by atoms with E-state index in [1.807, 2.05) is 44.2 Å². The van der Waals surface area contributed by atoms with Crippen molar-refractivity contribution in [2.24, 2.45) is 0 Å². The third kappa shape index (κ3) is 6.72. The van der Waals surface area contributed by atoms with Crippen molar-refractivity contribution >= 4 is 21.9 Å². The van der Waals surface area contributed by atoms with E-state index in [0.29, 0.717) is 31.0 Å². The number of sulfonamides is 1. The van der Waals surface area contributed by atoms with Crippen LogP contribution in [0.2, 0.25) is 0 Å². The smallest absolute Gasteiger partial charge is 0.322 e. The predicted molar refractivity (Wildman–Crippen MR) is 127 cm³/mol. The fourth-order valence-corrected chi connectivity index (χ4v) is 4.78. The summed E-state index contributed by atoms with van der Waals surface area (Å²) in [4.78, 5) is 12.7. The van der Waals surface area contributed by atoms with Gasteiger partial charge in [0.2, 0.25) is 15.9 Å². The first kappa shape index (κ1) is 24.6. The molecule has 0 bridgehead atoms. The van der Waals surface area contributed by atoms with Crippen molar-refractivity contribution in [2.45, 2.75) is 50.8 Å². The zero-order valence-electron chi connectivity index (χ0n) is 19.0. The van der Waals surface area contributed by atoms with E-state index in [2.05, 4.69) is 15.5 Å². The number of anilines is 1. The van der Waals surface area contributed by atoms with E-state index in [4.69, 9.17) is 4.42 Å². The Morgan fingerprint density at radius 3 is 2.18 bits per heavy atom. The molecule has 9 heteroatoms. The van der Waals surface area contributed by atoms with Gasteiger partial charge in [0.15, 0.2) is 0 Å². The Bertz CT molecular complexity index is 1120. The fraction of sp³-hybridized carbons (Fsp3) is 0.375. The summed E-state index contributed by atoms with van der Waals surface area (Å²) < 4.78 is 33.2. The molecule has 0 fully saturated rings. The predicted octanol–water partition coefficient (Wildman–Crippen LogP) is 4.50. The Morgan fingerprint density at radius 1 is 0.939 bits per heavy atom. The van der Waals surface area contributed by atoms with Crippen LogP contribution < -0.4 is 5.32 Å². The highest BCUT2D eigenvalue weighted by molar-refractivity contribution is 7.89. The van der Waals surface area contributed by atoms with Gasteiger partial charge in [0.25, 0.3) is 5.91 Å². The van der Waals surface area contributed by atoms with Gasteiger partial charge < -0.3 is 4.42 Å². The topological polar surface area (TPSA) is 105 Å². The van der Waals surface area contributed by atoms with Gasteiger partial charge >= 0.3 is 6.01 Å². The summed E-state index contributed by atoms with van der Waals surface area (Å²) in [6.45, 7) is 5.05. The number of carbonyl (C=O) groups excluding carboxylic acids is 1. The lowest BCUT2D eigenvalue weighted by Gasteiger charge is -2.22. The van der Waals surface area contributed by atoms with Crippen molar-refractivity contribution in [2.75, 3.05) is 18.4 Å². The normalized spacial score (nSPS) is 11.6. The lowest BCUT2D eigenvalue weighted by atomic mass is 10.2. The number of carbonyl (C=O) groups is 1. The second-order valence-electron chi connectivity index (χ2n) is 7.75. The molecule has 33 heavy (non-hydrogen) atoms. The SMILES string of the molecule is CCCCN(CCCC)S(=O)(=O)c1ccc(C(=O)Nc2nnc(Cc3ccccc3)o2)cc1. The maximum Gasteiger partial charge on any atom is 0.322 e. The van der Waals surface area contributed by atoms with Crippen molar-refractivity contribution < 1.29 is 17.6 Å². The first-order chi connectivity index (χ1) is 15.9. The van der Waals surface area contributed by atoms with Gasteiger partial charge in [-0.2, -0.15) is 4.31 Å². The van der Waals surface area contributed by atoms with Crippen LogP contribution in [0, 0.1) is 0 Å². The van der Waals surface area contributed by atoms with Gasteiger partial charge in [0, 0.05) is 18.7 Å². The fourth-order valence-electron chi connectivity index (χ4n) is 3.26. The molecule has 0 atom stereocenters. The quantitative estimate of drug-likeness (QED) is 0.418. The molecule has 0 unspecified atom stereocenters. The Hall–Kier alpha value is -3.04. The van der Waals surface area contributed by atoms with E-state index in [9.17, 15) is 13.2 Å². The Balaban J connectivity index is 1.66. The van der Waals surface area contributed by atoms with E-state index in [1.54, 1.807) is 0 Å². The van der Waals surface area contributed by atoms with Gasteiger partial charge in [0.1, 0.15) is 0 Å². The van der Waals surface area contributed by atoms with Crippen molar-refractivity contribution in [3.05, 3.63) is 71.6 Å². The van der Waals surface area contributed by atoms with Crippen molar-refractivity contribution in [1.82, 2.24) is 14.5 Å². The summed E-state index contributed by atoms with van der Waals surface area (Å²) in [6.07, 6.45) is 3.91. The molecule has 0 aliphatic carbocycles. The number of benzene rings is 2. The van der Waals surface area contributed by atoms with Gasteiger partial charge in [-0.3, -0.25) is 10.1 Å². The van der Waals surface area contributed by atoms with Gasteiger partial charge in [-0.15, -0.1) is 5.10 Å². The van der Waals surface area contributed by atoms with Crippen molar-refractivity contribution in [3.63, 3.8) is 0 Å². The van der Waals surface area contributed by atoms with Crippen LogP contribution in [-0.2, 0) is 16.4 Å². The molecular weight excluding hydrogens is 440 g/mol. The Labute approximate surface area is 195 Å². The van der Waals surface area contributed by atoms with Gasteiger partial charge in [-0.05, 0) is 42.7 Å². The first-order valence-electron chi connectivity index (χ1n) is 11.2. The Morgan fingerprint density at radius 2 is 1.58 bits per heavy atom. The van der Waals surface area contributed by atoms with Crippen LogP contribution in [0.15, 0.2) is 63.9 Å². The number of rotatable bonds is 12. The van der Waals surface area contributed by atoms with E-state index in [1.165, 1.54) is 28.6 Å². The summed E-state index contributed by atoms with van der Waals surface area (Å²) in [7, 11) is -3.61. The monoisotopic (exact) mass is 470 g/mol. The molecule has 2 aromatic carbocycles. The minimum Gasteiger partial charge on any atom is -0.407 e. The summed E-state index contributed by atoms with van der Waals surface area (Å²) in [5.74, 6) is -0.0696. The zero-order valence-corrected chi connectivity index (χ0v) is 19.8. The molecule has 0 aliphatic heterocycles. The lowest BCUT2D eigenvalue weighted by molar-refractivity contribution is 0.102. The summed E-state index contributed by atoms with van der Waals surface area (Å²) >= 11 is 0. The second-order valence-corrected chi connectivity index (χ2v) is 9.69. The molecule has 3 rings (SSSR count). The second kappa shape index (κ2) is 11.7. The van der Waals surface area contributed by atoms with Crippen LogP contribution in [-0.4, -0.2) is 41.9 Å². The molecular formula is C24H30N4O4S. The lowest BCUT2D eigenvalue weighted by Crippen LogP contribution is -2.33. The average molecular weight is 471 g/mol. The van der Waals surface area contributed by atoms with Crippen molar-refractivity contribution in [3.8, 4) is 0 Å². The number of aromatic nitrogens is 2. The van der Waals surface area contributed by atoms with Crippen LogP contribution in [0.4, 0.5) is 6.01 Å². The van der Waals surface area contributed by atoms with Gasteiger partial charge in [-0.1, -0.05) is 62.1 Å². The molecule has 0 saturated heterocycles. The summed E-state index contributed by atoms with van der Waals surface area (Å²) in [5, 5.41) is 10.4. The maximum absolute atomic E-state index is 13.1. The van der Waals surface area contributed by atoms with Crippen LogP contribution in [0.5, 0.6) is 0 Å². The molecule has 8 nitrogen and oxygen atoms in total. The average Bonchev–Trinajstić information content (AvgIpc) is 3.26. The van der Waals surface area contributed by atoms with E-state index < -0.39 is 15.9 Å². The van der Waals surface area contributed by atoms with Crippen LogP contribution in [0.1, 0.15) is 61.3 Å². The molecule has 1 amide bonds. The highest BCUT2D eigenvalue weighted by Crippen LogP contribution is 2.19. The number of nitrogens with one attached hydrogen (secondary N) is 1. The van der Waals surface area contributed by atoms with Crippen LogP contribution in [0.25, 0.3) is 0 Å². The highest BCUT2D eigenvalue weighted by Gasteiger charge is 2.24. The number of unbranched alkanes of at least 4 members (excludes halogenated alkanes) is 2. The summed E-state index contributed by atoms with van der Waals surface area (Å²) in [6, 6.07) is 15.6. The summed E-state index contributed by atoms with van der Waals surface area (Å²) in [5.41, 5.74) is 1.31. The number of nitrogens with zero attached hydrogens (tertiary/aromatic N) is 3. The molecule has 0 radical (unpaired) electrons. The molecule has 1 heterocycles. The van der Waals surface area contributed by atoms with E-state index in [-0.39, 0.29) is 10.9 Å². The molecule has 0 spiro atoms. The molecule has 1 N–H and O–H groups in total. The van der Waals surface area contributed by atoms with Gasteiger partial charge in [0.05, 0.1) is 11.3 Å². The van der Waals surface area contributed by atoms with Crippen LogP contribution >= 0.6 is 0 Å². The first-order valence-corrected chi connectivity index (χ1v) is 12.7. The minimum absolute atomic E-state index is 0.00654. The largest absolute Gasteiger partial charge is 0.407 e. The minimum atomic E-state index is -3.61. The van der Waals surface area contributed by atoms with Crippen LogP contribution in [0.3, 0.4) is 0 Å². The molecule has 0 aliphatic rings. The third-order valence-corrected chi connectivity index (χ3v) is 7.07. The highest BCUT2D eigenvalue weighted by atomic mass is 32.2. The maximum atomic E-state index is 13.1. The molecule has 3 aromatic rings. The standard InChI is InChI=1S/C24H30N4O4S/c1-3-5-16-28(17-6-4-2)33(30,31)21-14-12-20(13-15-21)23(29)25-24-27-26-22(32-24)18-19-10-8-7-9-11-19/h7-15H,3-6,16-18H2,1-2H3,(H,25,27,29). The number of hydrogen-bond acceptors (Lipinski definition) is 6. The van der Waals surface area contributed by atoms with E-state index in [0.717, 1.165) is 31.2 Å². The third-order valence-electron chi connectivity index (χ3n) is 5.16. The Kier molecular flexibility index (Phi) is 8.73. The number of amides is 1. The molecule has 1 aromatic heterocycles. The molecule has 0 saturated carbocycles. The van der Waals surface area contributed by atoms with E-state index >= 15 is 0 Å². The van der Waals surface area contributed by atoms with Crippen molar-refractivity contribution in [1.29, 1.82) is 0 Å².